The van der Waals surface area contributed by atoms with Gasteiger partial charge >= 0.3 is 0 Å². The Balaban J connectivity index is 2.46. The van der Waals surface area contributed by atoms with E-state index in [1.807, 2.05) is 30.3 Å². The number of benzene rings is 2. The molecule has 0 radical (unpaired) electrons. The Hall–Kier alpha value is -1.38. The van der Waals surface area contributed by atoms with E-state index < -0.39 is 0 Å². The Morgan fingerprint density at radius 1 is 1.10 bits per heavy atom. The fraction of sp³-hybridized carbons (Fsp3) is 0.333. The Morgan fingerprint density at radius 3 is 2.48 bits per heavy atom. The molecule has 2 rings (SSSR count). The van der Waals surface area contributed by atoms with Crippen LogP contribution in [-0.2, 0) is 0 Å². The molecule has 2 aromatic carbocycles. The van der Waals surface area contributed by atoms with Gasteiger partial charge in [0.1, 0.15) is 5.82 Å². The maximum Gasteiger partial charge on any atom is 0.126 e. The summed E-state index contributed by atoms with van der Waals surface area (Å²) in [5.41, 5.74) is 3.83. The molecule has 0 bridgehead atoms. The van der Waals surface area contributed by atoms with E-state index in [4.69, 9.17) is 11.6 Å². The number of rotatable bonds is 5. The summed E-state index contributed by atoms with van der Waals surface area (Å²) in [6, 6.07) is 11.2. The van der Waals surface area contributed by atoms with Crippen molar-refractivity contribution in [2.24, 2.45) is 0 Å². The number of aryl methyl sites for hydroxylation is 2. The van der Waals surface area contributed by atoms with Crippen LogP contribution >= 0.6 is 11.6 Å². The van der Waals surface area contributed by atoms with Crippen molar-refractivity contribution in [3.05, 3.63) is 69.5 Å². The summed E-state index contributed by atoms with van der Waals surface area (Å²) in [6.45, 7) is 6.81. The zero-order valence-corrected chi connectivity index (χ0v) is 13.5. The molecule has 1 N–H and O–H groups in total. The molecule has 0 aromatic heterocycles. The van der Waals surface area contributed by atoms with Gasteiger partial charge < -0.3 is 5.32 Å². The number of hydrogen-bond donors (Lipinski definition) is 1. The smallest absolute Gasteiger partial charge is 0.126 e. The molecule has 0 fully saturated rings. The third-order valence-corrected chi connectivity index (χ3v) is 3.92. The van der Waals surface area contributed by atoms with Crippen LogP contribution in [0.2, 0.25) is 5.02 Å². The molecule has 0 amide bonds. The molecule has 1 unspecified atom stereocenters. The van der Waals surface area contributed by atoms with E-state index in [2.05, 4.69) is 19.2 Å². The van der Waals surface area contributed by atoms with Crippen molar-refractivity contribution in [2.75, 3.05) is 6.54 Å². The van der Waals surface area contributed by atoms with Gasteiger partial charge in [-0.3, -0.25) is 0 Å². The first-order valence-corrected chi connectivity index (χ1v) is 7.66. The quantitative estimate of drug-likeness (QED) is 0.802. The minimum absolute atomic E-state index is 0.0428. The summed E-state index contributed by atoms with van der Waals surface area (Å²) < 4.78 is 13.9. The third kappa shape index (κ3) is 3.84. The highest BCUT2D eigenvalue weighted by Crippen LogP contribution is 2.28. The van der Waals surface area contributed by atoms with Gasteiger partial charge in [-0.2, -0.15) is 0 Å². The van der Waals surface area contributed by atoms with Crippen molar-refractivity contribution in [2.45, 2.75) is 33.2 Å². The highest BCUT2D eigenvalue weighted by Gasteiger charge is 2.17. The number of halogens is 2. The molecule has 0 saturated heterocycles. The fourth-order valence-electron chi connectivity index (χ4n) is 2.41. The van der Waals surface area contributed by atoms with E-state index >= 15 is 0 Å². The van der Waals surface area contributed by atoms with Crippen molar-refractivity contribution in [3.63, 3.8) is 0 Å². The van der Waals surface area contributed by atoms with Gasteiger partial charge in [0.05, 0.1) is 6.04 Å². The van der Waals surface area contributed by atoms with Gasteiger partial charge in [0.25, 0.3) is 0 Å². The molecule has 3 heteroatoms. The molecule has 21 heavy (non-hydrogen) atoms. The van der Waals surface area contributed by atoms with E-state index in [1.54, 1.807) is 13.0 Å². The largest absolute Gasteiger partial charge is 0.306 e. The lowest BCUT2D eigenvalue weighted by Gasteiger charge is -2.22. The van der Waals surface area contributed by atoms with Crippen molar-refractivity contribution in [1.29, 1.82) is 0 Å². The van der Waals surface area contributed by atoms with Gasteiger partial charge in [0, 0.05) is 5.02 Å². The monoisotopic (exact) mass is 305 g/mol. The van der Waals surface area contributed by atoms with Crippen LogP contribution in [-0.4, -0.2) is 6.54 Å². The maximum atomic E-state index is 13.9. The zero-order valence-electron chi connectivity index (χ0n) is 12.7. The van der Waals surface area contributed by atoms with Crippen molar-refractivity contribution >= 4 is 11.6 Å². The summed E-state index contributed by atoms with van der Waals surface area (Å²) in [4.78, 5) is 0. The summed E-state index contributed by atoms with van der Waals surface area (Å²) in [5, 5.41) is 4.19. The average Bonchev–Trinajstić information content (AvgIpc) is 2.46. The second-order valence-electron chi connectivity index (χ2n) is 5.40. The lowest BCUT2D eigenvalue weighted by molar-refractivity contribution is 0.581. The summed E-state index contributed by atoms with van der Waals surface area (Å²) in [5.74, 6) is -0.171. The van der Waals surface area contributed by atoms with E-state index in [9.17, 15) is 4.39 Å². The van der Waals surface area contributed by atoms with Crippen LogP contribution in [0.15, 0.2) is 36.4 Å². The average molecular weight is 306 g/mol. The first-order chi connectivity index (χ1) is 10.0. The van der Waals surface area contributed by atoms with E-state index in [1.165, 1.54) is 0 Å². The molecule has 0 aliphatic carbocycles. The summed E-state index contributed by atoms with van der Waals surface area (Å²) in [7, 11) is 0. The molecule has 0 aliphatic heterocycles. The number of hydrogen-bond acceptors (Lipinski definition) is 1. The summed E-state index contributed by atoms with van der Waals surface area (Å²) >= 11 is 6.14. The van der Waals surface area contributed by atoms with Gasteiger partial charge in [-0.25, -0.2) is 4.39 Å². The normalized spacial score (nSPS) is 12.4. The minimum atomic E-state index is -0.171. The van der Waals surface area contributed by atoms with Crippen LogP contribution in [0.5, 0.6) is 0 Å². The molecule has 0 spiro atoms. The SMILES string of the molecule is CCCNC(c1ccc(C)c(F)c1)c1cc(Cl)ccc1C. The molecular formula is C18H21ClFN. The van der Waals surface area contributed by atoms with Crippen LogP contribution in [0.25, 0.3) is 0 Å². The molecule has 1 nitrogen and oxygen atoms in total. The second kappa shape index (κ2) is 7.06. The maximum absolute atomic E-state index is 13.9. The van der Waals surface area contributed by atoms with Crippen LogP contribution < -0.4 is 5.32 Å². The van der Waals surface area contributed by atoms with E-state index in [0.717, 1.165) is 29.7 Å². The topological polar surface area (TPSA) is 12.0 Å². The summed E-state index contributed by atoms with van der Waals surface area (Å²) in [6.07, 6.45) is 1.02. The van der Waals surface area contributed by atoms with Crippen molar-refractivity contribution < 1.29 is 4.39 Å². The first-order valence-electron chi connectivity index (χ1n) is 7.28. The van der Waals surface area contributed by atoms with Crippen molar-refractivity contribution in [3.8, 4) is 0 Å². The molecule has 1 atom stereocenters. The predicted molar refractivity (Wildman–Crippen MR) is 87.5 cm³/mol. The molecule has 0 saturated carbocycles. The Morgan fingerprint density at radius 2 is 1.81 bits per heavy atom. The van der Waals surface area contributed by atoms with E-state index in [-0.39, 0.29) is 11.9 Å². The van der Waals surface area contributed by atoms with Gasteiger partial charge in [0.2, 0.25) is 0 Å². The molecule has 0 aliphatic rings. The standard InChI is InChI=1S/C18H21ClFN/c1-4-9-21-18(14-7-5-13(3)17(20)10-14)16-11-15(19)8-6-12(16)2/h5-8,10-11,18,21H,4,9H2,1-3H3. The van der Waals surface area contributed by atoms with Crippen LogP contribution in [0.1, 0.15) is 41.6 Å². The van der Waals surface area contributed by atoms with E-state index in [0.29, 0.717) is 10.6 Å². The van der Waals surface area contributed by atoms with Gasteiger partial charge in [-0.05, 0) is 67.3 Å². The Bertz CT molecular complexity index is 625. The Labute approximate surface area is 131 Å². The van der Waals surface area contributed by atoms with Crippen molar-refractivity contribution in [1.82, 2.24) is 5.32 Å². The van der Waals surface area contributed by atoms with Crippen LogP contribution in [0, 0.1) is 19.7 Å². The molecule has 112 valence electrons. The number of nitrogens with one attached hydrogen (secondary N) is 1. The highest BCUT2D eigenvalue weighted by atomic mass is 35.5. The van der Waals surface area contributed by atoms with Gasteiger partial charge in [0.15, 0.2) is 0 Å². The molecular weight excluding hydrogens is 285 g/mol. The Kier molecular flexibility index (Phi) is 5.38. The zero-order chi connectivity index (χ0) is 15.4. The fourth-order valence-corrected chi connectivity index (χ4v) is 2.59. The lowest BCUT2D eigenvalue weighted by atomic mass is 9.94. The van der Waals surface area contributed by atoms with Crippen LogP contribution in [0.4, 0.5) is 4.39 Å². The van der Waals surface area contributed by atoms with Gasteiger partial charge in [-0.1, -0.05) is 36.7 Å². The lowest BCUT2D eigenvalue weighted by Crippen LogP contribution is -2.24. The predicted octanol–water partition coefficient (Wildman–Crippen LogP) is 5.18. The molecule has 0 heterocycles. The highest BCUT2D eigenvalue weighted by molar-refractivity contribution is 6.30. The molecule has 2 aromatic rings. The third-order valence-electron chi connectivity index (χ3n) is 3.68. The van der Waals surface area contributed by atoms with Crippen LogP contribution in [0.3, 0.4) is 0 Å². The van der Waals surface area contributed by atoms with Gasteiger partial charge in [-0.15, -0.1) is 0 Å². The second-order valence-corrected chi connectivity index (χ2v) is 5.83. The minimum Gasteiger partial charge on any atom is -0.306 e. The first kappa shape index (κ1) is 16.0.